The Kier molecular flexibility index (Phi) is 9.12. The van der Waals surface area contributed by atoms with Crippen molar-refractivity contribution in [1.29, 1.82) is 0 Å². The molecule has 1 aromatic heterocycles. The van der Waals surface area contributed by atoms with Gasteiger partial charge in [0, 0.05) is 23.0 Å². The van der Waals surface area contributed by atoms with Crippen LogP contribution in [0.4, 0.5) is 0 Å². The first-order chi connectivity index (χ1) is 18.4. The average Bonchev–Trinajstić information content (AvgIpc) is 3.64. The van der Waals surface area contributed by atoms with Crippen molar-refractivity contribution < 1.29 is 28.5 Å². The lowest BCUT2D eigenvalue weighted by atomic mass is 10.1. The highest BCUT2D eigenvalue weighted by Crippen LogP contribution is 2.33. The predicted octanol–water partition coefficient (Wildman–Crippen LogP) is 5.01. The van der Waals surface area contributed by atoms with Crippen molar-refractivity contribution in [1.82, 2.24) is 9.80 Å². The molecule has 1 aliphatic rings. The summed E-state index contributed by atoms with van der Waals surface area (Å²) >= 11 is 1.61. The summed E-state index contributed by atoms with van der Waals surface area (Å²) in [6, 6.07) is 14.8. The first-order valence-corrected chi connectivity index (χ1v) is 13.5. The Bertz CT molecular complexity index is 1250. The summed E-state index contributed by atoms with van der Waals surface area (Å²) < 4.78 is 21.6. The van der Waals surface area contributed by atoms with Crippen LogP contribution in [0.2, 0.25) is 0 Å². The Morgan fingerprint density at radius 3 is 2.53 bits per heavy atom. The lowest BCUT2D eigenvalue weighted by Crippen LogP contribution is -2.46. The fourth-order valence-corrected chi connectivity index (χ4v) is 4.99. The normalized spacial score (nSPS) is 12.6. The van der Waals surface area contributed by atoms with Gasteiger partial charge < -0.3 is 28.7 Å². The van der Waals surface area contributed by atoms with Gasteiger partial charge in [-0.1, -0.05) is 19.1 Å². The number of fused-ring (bicyclic) bond motifs is 1. The molecular formula is C29H34N2O6S. The fraction of sp³-hybridized carbons (Fsp3) is 0.379. The number of hydrogen-bond acceptors (Lipinski definition) is 7. The van der Waals surface area contributed by atoms with E-state index in [1.165, 1.54) is 0 Å². The quantitative estimate of drug-likeness (QED) is 0.323. The lowest BCUT2D eigenvalue weighted by molar-refractivity contribution is -0.132. The van der Waals surface area contributed by atoms with Crippen LogP contribution in [0.5, 0.6) is 23.0 Å². The third-order valence-corrected chi connectivity index (χ3v) is 7.57. The van der Waals surface area contributed by atoms with E-state index < -0.39 is 0 Å². The molecule has 2 aromatic carbocycles. The van der Waals surface area contributed by atoms with Crippen LogP contribution in [0.15, 0.2) is 53.9 Å². The molecule has 0 spiro atoms. The van der Waals surface area contributed by atoms with Crippen molar-refractivity contribution in [3.05, 3.63) is 69.9 Å². The minimum absolute atomic E-state index is 0.0143. The third kappa shape index (κ3) is 6.39. The van der Waals surface area contributed by atoms with E-state index in [0.717, 1.165) is 16.9 Å². The molecule has 9 heteroatoms. The number of benzene rings is 2. The van der Waals surface area contributed by atoms with Crippen molar-refractivity contribution in [2.75, 3.05) is 34.1 Å². The van der Waals surface area contributed by atoms with Crippen LogP contribution in [0.3, 0.4) is 0 Å². The fourth-order valence-electron chi connectivity index (χ4n) is 4.27. The summed E-state index contributed by atoms with van der Waals surface area (Å²) in [5, 5.41) is 2.00. The molecule has 0 fully saturated rings. The monoisotopic (exact) mass is 538 g/mol. The number of rotatable bonds is 12. The summed E-state index contributed by atoms with van der Waals surface area (Å²) in [6.07, 6.45) is 1.36. The van der Waals surface area contributed by atoms with Gasteiger partial charge in [0.15, 0.2) is 23.0 Å². The Morgan fingerprint density at radius 2 is 1.82 bits per heavy atom. The van der Waals surface area contributed by atoms with E-state index in [0.29, 0.717) is 48.1 Å². The molecule has 2 amide bonds. The highest BCUT2D eigenvalue weighted by Gasteiger charge is 2.27. The molecule has 1 aliphatic heterocycles. The maximum absolute atomic E-state index is 13.7. The largest absolute Gasteiger partial charge is 0.493 e. The van der Waals surface area contributed by atoms with Gasteiger partial charge in [0.2, 0.25) is 12.7 Å². The number of hydrogen-bond donors (Lipinski definition) is 0. The standard InChI is InChI=1S/C29H34N2O6S/c1-5-20(2)31(29(33)22-9-11-25-27(16-22)37-19-36-25)18-28(32)30(17-23-7-6-14-38-23)13-12-21-8-10-24(34-3)26(15-21)35-4/h6-11,14-16,20H,5,12-13,17-19H2,1-4H3. The molecule has 0 radical (unpaired) electrons. The Morgan fingerprint density at radius 1 is 1.03 bits per heavy atom. The summed E-state index contributed by atoms with van der Waals surface area (Å²) in [4.78, 5) is 31.8. The first-order valence-electron chi connectivity index (χ1n) is 12.6. The van der Waals surface area contributed by atoms with Crippen molar-refractivity contribution >= 4 is 23.2 Å². The van der Waals surface area contributed by atoms with Crippen LogP contribution in [0.25, 0.3) is 0 Å². The van der Waals surface area contributed by atoms with Crippen LogP contribution in [-0.4, -0.2) is 61.8 Å². The number of carbonyl (C=O) groups is 2. The van der Waals surface area contributed by atoms with Crippen molar-refractivity contribution in [3.8, 4) is 23.0 Å². The maximum Gasteiger partial charge on any atom is 0.254 e. The zero-order valence-corrected chi connectivity index (χ0v) is 23.1. The van der Waals surface area contributed by atoms with Crippen molar-refractivity contribution in [2.24, 2.45) is 0 Å². The molecule has 0 aliphatic carbocycles. The smallest absolute Gasteiger partial charge is 0.254 e. The summed E-state index contributed by atoms with van der Waals surface area (Å²) in [5.74, 6) is 2.16. The number of thiophene rings is 1. The molecular weight excluding hydrogens is 504 g/mol. The van der Waals surface area contributed by atoms with Crippen LogP contribution < -0.4 is 18.9 Å². The third-order valence-electron chi connectivity index (χ3n) is 6.71. The van der Waals surface area contributed by atoms with Gasteiger partial charge in [0.05, 0.1) is 20.8 Å². The molecule has 1 atom stereocenters. The van der Waals surface area contributed by atoms with Crippen molar-refractivity contribution in [3.63, 3.8) is 0 Å². The number of nitrogens with zero attached hydrogens (tertiary/aromatic N) is 2. The Labute approximate surface area is 227 Å². The molecule has 8 nitrogen and oxygen atoms in total. The average molecular weight is 539 g/mol. The van der Waals surface area contributed by atoms with Gasteiger partial charge in [-0.3, -0.25) is 9.59 Å². The number of carbonyl (C=O) groups excluding carboxylic acids is 2. The highest BCUT2D eigenvalue weighted by atomic mass is 32.1. The maximum atomic E-state index is 13.7. The van der Waals surface area contributed by atoms with Crippen LogP contribution in [0.1, 0.15) is 41.1 Å². The second-order valence-corrected chi connectivity index (χ2v) is 10.1. The molecule has 0 bridgehead atoms. The lowest BCUT2D eigenvalue weighted by Gasteiger charge is -2.31. The van der Waals surface area contributed by atoms with E-state index in [1.54, 1.807) is 48.7 Å². The molecule has 38 heavy (non-hydrogen) atoms. The Hall–Kier alpha value is -3.72. The van der Waals surface area contributed by atoms with Gasteiger partial charge >= 0.3 is 0 Å². The molecule has 0 saturated carbocycles. The second kappa shape index (κ2) is 12.7. The molecule has 0 N–H and O–H groups in total. The van der Waals surface area contributed by atoms with Gasteiger partial charge in [0.25, 0.3) is 5.91 Å². The van der Waals surface area contributed by atoms with E-state index >= 15 is 0 Å². The van der Waals surface area contributed by atoms with Crippen LogP contribution in [0, 0.1) is 0 Å². The van der Waals surface area contributed by atoms with Crippen molar-refractivity contribution in [2.45, 2.75) is 39.3 Å². The van der Waals surface area contributed by atoms with E-state index in [4.69, 9.17) is 18.9 Å². The van der Waals surface area contributed by atoms with Gasteiger partial charge in [0.1, 0.15) is 6.54 Å². The molecule has 202 valence electrons. The minimum Gasteiger partial charge on any atom is -0.493 e. The minimum atomic E-state index is -0.207. The molecule has 3 aromatic rings. The summed E-state index contributed by atoms with van der Waals surface area (Å²) in [7, 11) is 3.21. The molecule has 4 rings (SSSR count). The number of ether oxygens (including phenoxy) is 4. The SMILES string of the molecule is CCC(C)N(CC(=O)N(CCc1ccc(OC)c(OC)c1)Cc1cccs1)C(=O)c1ccc2c(c1)OCO2. The van der Waals surface area contributed by atoms with Gasteiger partial charge in [-0.25, -0.2) is 0 Å². The van der Waals surface area contributed by atoms with E-state index in [2.05, 4.69) is 0 Å². The Balaban J connectivity index is 1.52. The highest BCUT2D eigenvalue weighted by molar-refractivity contribution is 7.09. The van der Waals surface area contributed by atoms with Gasteiger partial charge in [-0.15, -0.1) is 11.3 Å². The number of methoxy groups -OCH3 is 2. The topological polar surface area (TPSA) is 77.5 Å². The van der Waals surface area contributed by atoms with Crippen LogP contribution >= 0.6 is 11.3 Å². The first kappa shape index (κ1) is 27.3. The molecule has 0 saturated heterocycles. The summed E-state index contributed by atoms with van der Waals surface area (Å²) in [6.45, 7) is 5.08. The van der Waals surface area contributed by atoms with Gasteiger partial charge in [-0.05, 0) is 67.1 Å². The zero-order chi connectivity index (χ0) is 27.1. The number of amides is 2. The van der Waals surface area contributed by atoms with E-state index in [-0.39, 0.29) is 31.2 Å². The van der Waals surface area contributed by atoms with Gasteiger partial charge in [-0.2, -0.15) is 0 Å². The molecule has 1 unspecified atom stereocenters. The second-order valence-electron chi connectivity index (χ2n) is 9.09. The molecule has 2 heterocycles. The summed E-state index contributed by atoms with van der Waals surface area (Å²) in [5.41, 5.74) is 1.50. The van der Waals surface area contributed by atoms with Crippen LogP contribution in [-0.2, 0) is 17.8 Å². The van der Waals surface area contributed by atoms with E-state index in [9.17, 15) is 9.59 Å². The van der Waals surface area contributed by atoms with E-state index in [1.807, 2.05) is 54.5 Å². The zero-order valence-electron chi connectivity index (χ0n) is 22.3. The predicted molar refractivity (Wildman–Crippen MR) is 146 cm³/mol.